The summed E-state index contributed by atoms with van der Waals surface area (Å²) in [6, 6.07) is 8.81. The number of benzene rings is 1. The number of hydrogen-bond donors (Lipinski definition) is 1. The van der Waals surface area contributed by atoms with Gasteiger partial charge in [0.25, 0.3) is 0 Å². The second-order valence-corrected chi connectivity index (χ2v) is 4.93. The molecule has 1 aliphatic carbocycles. The quantitative estimate of drug-likeness (QED) is 0.800. The largest absolute Gasteiger partial charge is 0.330 e. The molecule has 1 aromatic rings. The van der Waals surface area contributed by atoms with Crippen LogP contribution in [0, 0.1) is 5.41 Å². The second kappa shape index (κ2) is 4.36. The zero-order valence-electron chi connectivity index (χ0n) is 9.63. The van der Waals surface area contributed by atoms with Gasteiger partial charge in [0.05, 0.1) is 0 Å². The van der Waals surface area contributed by atoms with E-state index in [1.165, 1.54) is 43.2 Å². The van der Waals surface area contributed by atoms with Crippen LogP contribution in [0.5, 0.6) is 0 Å². The van der Waals surface area contributed by atoms with Gasteiger partial charge in [0, 0.05) is 0 Å². The van der Waals surface area contributed by atoms with Crippen LogP contribution in [-0.2, 0) is 12.8 Å². The molecular formula is C14H21N. The fraction of sp³-hybridized carbons (Fsp3) is 0.571. The molecule has 0 unspecified atom stereocenters. The summed E-state index contributed by atoms with van der Waals surface area (Å²) in [5, 5.41) is 0. The molecule has 2 N–H and O–H groups in total. The van der Waals surface area contributed by atoms with Crippen LogP contribution < -0.4 is 5.73 Å². The Bertz CT molecular complexity index is 305. The first-order valence-electron chi connectivity index (χ1n) is 6.06. The predicted octanol–water partition coefficient (Wildman–Crippen LogP) is 2.92. The molecule has 0 aromatic heterocycles. The van der Waals surface area contributed by atoms with E-state index in [4.69, 9.17) is 5.73 Å². The average Bonchev–Trinajstić information content (AvgIpc) is 2.65. The lowest BCUT2D eigenvalue weighted by Crippen LogP contribution is -2.31. The normalized spacial score (nSPS) is 17.7. The molecule has 0 radical (unpaired) electrons. The van der Waals surface area contributed by atoms with Crippen molar-refractivity contribution in [3.8, 4) is 0 Å². The highest BCUT2D eigenvalue weighted by Crippen LogP contribution is 2.39. The Morgan fingerprint density at radius 1 is 1.20 bits per heavy atom. The zero-order chi connectivity index (χ0) is 10.7. The van der Waals surface area contributed by atoms with Crippen molar-refractivity contribution in [1.82, 2.24) is 0 Å². The summed E-state index contributed by atoms with van der Waals surface area (Å²) in [5.74, 6) is 0. The van der Waals surface area contributed by atoms with E-state index in [-0.39, 0.29) is 0 Å². The summed E-state index contributed by atoms with van der Waals surface area (Å²) < 4.78 is 0. The van der Waals surface area contributed by atoms with Crippen LogP contribution in [0.25, 0.3) is 0 Å². The Balaban J connectivity index is 2.14. The zero-order valence-corrected chi connectivity index (χ0v) is 9.63. The summed E-state index contributed by atoms with van der Waals surface area (Å²) >= 11 is 0. The van der Waals surface area contributed by atoms with Gasteiger partial charge in [0.1, 0.15) is 0 Å². The van der Waals surface area contributed by atoms with Gasteiger partial charge in [0.2, 0.25) is 0 Å². The maximum atomic E-state index is 5.99. The molecule has 0 amide bonds. The summed E-state index contributed by atoms with van der Waals surface area (Å²) in [7, 11) is 0. The first-order chi connectivity index (χ1) is 7.29. The Morgan fingerprint density at radius 3 is 2.27 bits per heavy atom. The van der Waals surface area contributed by atoms with Gasteiger partial charge in [-0.1, -0.05) is 44.0 Å². The summed E-state index contributed by atoms with van der Waals surface area (Å²) in [6.07, 6.45) is 6.26. The standard InChI is InChI=1S/C14H21N/c1-2-3-8-14(11-15)9-12-6-4-5-7-13(12)10-14/h4-7H,2-3,8-11,15H2,1H3. The van der Waals surface area contributed by atoms with Crippen molar-refractivity contribution in [2.45, 2.75) is 39.0 Å². The summed E-state index contributed by atoms with van der Waals surface area (Å²) in [4.78, 5) is 0. The molecule has 1 aliphatic rings. The third-order valence-corrected chi connectivity index (χ3v) is 3.74. The maximum absolute atomic E-state index is 5.99. The topological polar surface area (TPSA) is 26.0 Å². The van der Waals surface area contributed by atoms with Crippen LogP contribution in [-0.4, -0.2) is 6.54 Å². The molecule has 15 heavy (non-hydrogen) atoms. The van der Waals surface area contributed by atoms with E-state index in [2.05, 4.69) is 31.2 Å². The molecule has 0 aliphatic heterocycles. The lowest BCUT2D eigenvalue weighted by atomic mass is 9.80. The van der Waals surface area contributed by atoms with E-state index in [1.807, 2.05) is 0 Å². The van der Waals surface area contributed by atoms with Gasteiger partial charge < -0.3 is 5.73 Å². The maximum Gasteiger partial charge on any atom is -0.00141 e. The number of hydrogen-bond acceptors (Lipinski definition) is 1. The van der Waals surface area contributed by atoms with E-state index in [1.54, 1.807) is 0 Å². The van der Waals surface area contributed by atoms with Crippen LogP contribution >= 0.6 is 0 Å². The molecule has 0 spiro atoms. The van der Waals surface area contributed by atoms with Crippen LogP contribution in [0.3, 0.4) is 0 Å². The minimum Gasteiger partial charge on any atom is -0.330 e. The molecule has 0 saturated carbocycles. The Morgan fingerprint density at radius 2 is 1.80 bits per heavy atom. The number of nitrogens with two attached hydrogens (primary N) is 1. The van der Waals surface area contributed by atoms with E-state index in [0.717, 1.165) is 6.54 Å². The molecular weight excluding hydrogens is 182 g/mol. The Kier molecular flexibility index (Phi) is 3.11. The van der Waals surface area contributed by atoms with Crippen molar-refractivity contribution in [3.63, 3.8) is 0 Å². The fourth-order valence-corrected chi connectivity index (χ4v) is 2.75. The van der Waals surface area contributed by atoms with Crippen LogP contribution in [0.1, 0.15) is 37.3 Å². The van der Waals surface area contributed by atoms with Crippen molar-refractivity contribution in [3.05, 3.63) is 35.4 Å². The van der Waals surface area contributed by atoms with E-state index in [9.17, 15) is 0 Å². The summed E-state index contributed by atoms with van der Waals surface area (Å²) in [5.41, 5.74) is 9.42. The minimum absolute atomic E-state index is 0.375. The lowest BCUT2D eigenvalue weighted by molar-refractivity contribution is 0.281. The molecule has 0 heterocycles. The predicted molar refractivity (Wildman–Crippen MR) is 64.9 cm³/mol. The monoisotopic (exact) mass is 203 g/mol. The van der Waals surface area contributed by atoms with E-state index in [0.29, 0.717) is 5.41 Å². The van der Waals surface area contributed by atoms with E-state index >= 15 is 0 Å². The molecule has 2 rings (SSSR count). The Labute approximate surface area is 92.7 Å². The highest BCUT2D eigenvalue weighted by molar-refractivity contribution is 5.34. The highest BCUT2D eigenvalue weighted by Gasteiger charge is 2.34. The van der Waals surface area contributed by atoms with Gasteiger partial charge in [-0.25, -0.2) is 0 Å². The van der Waals surface area contributed by atoms with Crippen molar-refractivity contribution < 1.29 is 0 Å². The van der Waals surface area contributed by atoms with Gasteiger partial charge in [-0.05, 0) is 42.3 Å². The van der Waals surface area contributed by atoms with Crippen molar-refractivity contribution in [2.24, 2.45) is 11.1 Å². The summed E-state index contributed by atoms with van der Waals surface area (Å²) in [6.45, 7) is 3.09. The SMILES string of the molecule is CCCCC1(CN)Cc2ccccc2C1. The molecule has 1 aromatic carbocycles. The smallest absolute Gasteiger partial charge is 0.00141 e. The molecule has 0 saturated heterocycles. The van der Waals surface area contributed by atoms with E-state index < -0.39 is 0 Å². The molecule has 0 fully saturated rings. The average molecular weight is 203 g/mol. The van der Waals surface area contributed by atoms with Crippen LogP contribution in [0.15, 0.2) is 24.3 Å². The molecule has 1 heteroatoms. The number of fused-ring (bicyclic) bond motifs is 1. The van der Waals surface area contributed by atoms with Gasteiger partial charge in [-0.2, -0.15) is 0 Å². The molecule has 0 bridgehead atoms. The Hall–Kier alpha value is -0.820. The third kappa shape index (κ3) is 2.07. The molecule has 0 atom stereocenters. The first kappa shape index (κ1) is 10.7. The van der Waals surface area contributed by atoms with Crippen LogP contribution in [0.2, 0.25) is 0 Å². The number of rotatable bonds is 4. The van der Waals surface area contributed by atoms with Gasteiger partial charge in [0.15, 0.2) is 0 Å². The fourth-order valence-electron chi connectivity index (χ4n) is 2.75. The second-order valence-electron chi connectivity index (χ2n) is 4.93. The highest BCUT2D eigenvalue weighted by atomic mass is 14.6. The lowest BCUT2D eigenvalue weighted by Gasteiger charge is -2.27. The van der Waals surface area contributed by atoms with Gasteiger partial charge >= 0.3 is 0 Å². The van der Waals surface area contributed by atoms with Crippen molar-refractivity contribution >= 4 is 0 Å². The van der Waals surface area contributed by atoms with Gasteiger partial charge in [-0.3, -0.25) is 0 Å². The van der Waals surface area contributed by atoms with Crippen molar-refractivity contribution in [1.29, 1.82) is 0 Å². The first-order valence-corrected chi connectivity index (χ1v) is 6.06. The van der Waals surface area contributed by atoms with Gasteiger partial charge in [-0.15, -0.1) is 0 Å². The van der Waals surface area contributed by atoms with Crippen molar-refractivity contribution in [2.75, 3.05) is 6.54 Å². The molecule has 82 valence electrons. The third-order valence-electron chi connectivity index (χ3n) is 3.74. The minimum atomic E-state index is 0.375. The van der Waals surface area contributed by atoms with Crippen LogP contribution in [0.4, 0.5) is 0 Å². The molecule has 1 nitrogen and oxygen atoms in total. The number of unbranched alkanes of at least 4 members (excludes halogenated alkanes) is 1.